The van der Waals surface area contributed by atoms with Gasteiger partial charge in [0.1, 0.15) is 17.5 Å². The third-order valence-electron chi connectivity index (χ3n) is 5.79. The van der Waals surface area contributed by atoms with Gasteiger partial charge in [-0.3, -0.25) is 0 Å². The molecule has 4 rings (SSSR count). The molecule has 31 heavy (non-hydrogen) atoms. The number of aromatic nitrogens is 3. The summed E-state index contributed by atoms with van der Waals surface area (Å²) in [6.07, 6.45) is 2.88. The number of halogens is 2. The topological polar surface area (TPSA) is 57.2 Å². The summed E-state index contributed by atoms with van der Waals surface area (Å²) < 4.78 is 27.3. The van der Waals surface area contributed by atoms with Crippen LogP contribution in [0.25, 0.3) is 10.9 Å². The van der Waals surface area contributed by atoms with E-state index in [4.69, 9.17) is 0 Å². The minimum atomic E-state index is -2.87. The second-order valence-corrected chi connectivity index (χ2v) is 8.47. The Balaban J connectivity index is 1.60. The van der Waals surface area contributed by atoms with Crippen molar-refractivity contribution in [3.63, 3.8) is 0 Å². The van der Waals surface area contributed by atoms with E-state index in [1.54, 1.807) is 12.3 Å². The second kappa shape index (κ2) is 8.34. The van der Waals surface area contributed by atoms with Gasteiger partial charge in [-0.2, -0.15) is 0 Å². The van der Waals surface area contributed by atoms with Gasteiger partial charge in [-0.05, 0) is 45.1 Å². The Morgan fingerprint density at radius 1 is 1.23 bits per heavy atom. The van der Waals surface area contributed by atoms with Gasteiger partial charge in [0, 0.05) is 43.5 Å². The Hall–Kier alpha value is -2.87. The van der Waals surface area contributed by atoms with Crippen molar-refractivity contribution in [2.24, 2.45) is 0 Å². The molecule has 164 valence electrons. The van der Waals surface area contributed by atoms with Crippen molar-refractivity contribution in [1.29, 1.82) is 0 Å². The third kappa shape index (κ3) is 4.74. The standard InChI is InChI=1S/C23H28F2N6/c1-15-28-20-13-26-21(31-9-8-18(14-31)30(3)4)11-19(20)22(29-15)27-12-16-6-5-7-17(10-16)23(2,24)25/h5-7,10-11,13,18H,8-9,12,14H2,1-4H3,(H,27,28,29)/t18-/m1/s1. The number of pyridine rings is 1. The van der Waals surface area contributed by atoms with Crippen LogP contribution in [0, 0.1) is 6.92 Å². The Morgan fingerprint density at radius 3 is 2.74 bits per heavy atom. The second-order valence-electron chi connectivity index (χ2n) is 8.47. The first-order chi connectivity index (χ1) is 14.7. The fourth-order valence-electron chi connectivity index (χ4n) is 3.96. The van der Waals surface area contributed by atoms with Crippen LogP contribution in [0.3, 0.4) is 0 Å². The molecule has 0 aliphatic carbocycles. The van der Waals surface area contributed by atoms with Crippen molar-refractivity contribution >= 4 is 22.5 Å². The fourth-order valence-corrected chi connectivity index (χ4v) is 3.96. The lowest BCUT2D eigenvalue weighted by atomic mass is 10.1. The van der Waals surface area contributed by atoms with Crippen LogP contribution in [0.4, 0.5) is 20.4 Å². The number of likely N-dealkylation sites (N-methyl/N-ethyl adjacent to an activating group) is 1. The number of benzene rings is 1. The average Bonchev–Trinajstić information content (AvgIpc) is 3.22. The van der Waals surface area contributed by atoms with E-state index in [2.05, 4.69) is 44.2 Å². The highest BCUT2D eigenvalue weighted by atomic mass is 19.3. The quantitative estimate of drug-likeness (QED) is 0.638. The zero-order valence-corrected chi connectivity index (χ0v) is 18.4. The van der Waals surface area contributed by atoms with Crippen molar-refractivity contribution in [2.45, 2.75) is 38.8 Å². The van der Waals surface area contributed by atoms with E-state index in [-0.39, 0.29) is 5.56 Å². The first-order valence-corrected chi connectivity index (χ1v) is 10.5. The largest absolute Gasteiger partial charge is 0.365 e. The predicted molar refractivity (Wildman–Crippen MR) is 120 cm³/mol. The lowest BCUT2D eigenvalue weighted by Gasteiger charge is -2.21. The van der Waals surface area contributed by atoms with Crippen LogP contribution < -0.4 is 10.2 Å². The molecule has 1 fully saturated rings. The maximum absolute atomic E-state index is 13.7. The van der Waals surface area contributed by atoms with Gasteiger partial charge in [-0.1, -0.05) is 18.2 Å². The van der Waals surface area contributed by atoms with Gasteiger partial charge >= 0.3 is 0 Å². The minimum absolute atomic E-state index is 0.00601. The molecular formula is C23H28F2N6. The molecule has 0 radical (unpaired) electrons. The van der Waals surface area contributed by atoms with E-state index in [0.29, 0.717) is 24.2 Å². The number of anilines is 2. The van der Waals surface area contributed by atoms with Gasteiger partial charge in [-0.25, -0.2) is 23.7 Å². The molecule has 1 aliphatic heterocycles. The van der Waals surface area contributed by atoms with Crippen molar-refractivity contribution < 1.29 is 8.78 Å². The lowest BCUT2D eigenvalue weighted by molar-refractivity contribution is 0.0174. The average molecular weight is 427 g/mol. The molecular weight excluding hydrogens is 398 g/mol. The zero-order chi connectivity index (χ0) is 22.2. The molecule has 2 aromatic heterocycles. The fraction of sp³-hybridized carbons (Fsp3) is 0.435. The SMILES string of the molecule is Cc1nc(NCc2cccc(C(C)(F)F)c2)c2cc(N3CC[C@@H](N(C)C)C3)ncc2n1. The molecule has 0 spiro atoms. The minimum Gasteiger partial charge on any atom is -0.365 e. The summed E-state index contributed by atoms with van der Waals surface area (Å²) in [6.45, 7) is 5.01. The van der Waals surface area contributed by atoms with Crippen LogP contribution in [0.15, 0.2) is 36.5 Å². The summed E-state index contributed by atoms with van der Waals surface area (Å²) in [6, 6.07) is 8.99. The van der Waals surface area contributed by atoms with Crippen molar-refractivity contribution in [3.8, 4) is 0 Å². The molecule has 3 aromatic rings. The number of alkyl halides is 2. The Bertz CT molecular complexity index is 1080. The molecule has 0 saturated carbocycles. The van der Waals surface area contributed by atoms with Crippen LogP contribution in [-0.4, -0.2) is 53.1 Å². The van der Waals surface area contributed by atoms with Gasteiger partial charge in [0.05, 0.1) is 11.7 Å². The molecule has 1 atom stereocenters. The molecule has 1 aliphatic rings. The number of fused-ring (bicyclic) bond motifs is 1. The van der Waals surface area contributed by atoms with Crippen LogP contribution in [0.5, 0.6) is 0 Å². The number of aryl methyl sites for hydroxylation is 1. The zero-order valence-electron chi connectivity index (χ0n) is 18.4. The van der Waals surface area contributed by atoms with Crippen molar-refractivity contribution in [1.82, 2.24) is 19.9 Å². The molecule has 0 amide bonds. The molecule has 1 aromatic carbocycles. The van der Waals surface area contributed by atoms with Crippen LogP contribution in [-0.2, 0) is 12.5 Å². The number of nitrogens with zero attached hydrogens (tertiary/aromatic N) is 5. The molecule has 1 saturated heterocycles. The number of nitrogens with one attached hydrogen (secondary N) is 1. The van der Waals surface area contributed by atoms with E-state index in [1.807, 2.05) is 19.1 Å². The van der Waals surface area contributed by atoms with Gasteiger partial charge in [-0.15, -0.1) is 0 Å². The molecule has 6 nitrogen and oxygen atoms in total. The third-order valence-corrected chi connectivity index (χ3v) is 5.79. The van der Waals surface area contributed by atoms with E-state index in [1.165, 1.54) is 12.1 Å². The monoisotopic (exact) mass is 426 g/mol. The molecule has 3 heterocycles. The smallest absolute Gasteiger partial charge is 0.270 e. The molecule has 0 bridgehead atoms. The molecule has 8 heteroatoms. The Labute approximate surface area is 181 Å². The van der Waals surface area contributed by atoms with Gasteiger partial charge in [0.15, 0.2) is 0 Å². The predicted octanol–water partition coefficient (Wildman–Crippen LogP) is 4.20. The first-order valence-electron chi connectivity index (χ1n) is 10.5. The highest BCUT2D eigenvalue weighted by molar-refractivity contribution is 5.90. The highest BCUT2D eigenvalue weighted by Gasteiger charge is 2.26. The maximum Gasteiger partial charge on any atom is 0.270 e. The van der Waals surface area contributed by atoms with E-state index >= 15 is 0 Å². The summed E-state index contributed by atoms with van der Waals surface area (Å²) >= 11 is 0. The normalized spacial score (nSPS) is 17.0. The molecule has 1 N–H and O–H groups in total. The Morgan fingerprint density at radius 2 is 2.03 bits per heavy atom. The number of rotatable bonds is 6. The molecule has 0 unspecified atom stereocenters. The number of hydrogen-bond donors (Lipinski definition) is 1. The van der Waals surface area contributed by atoms with Gasteiger partial charge in [0.25, 0.3) is 5.92 Å². The van der Waals surface area contributed by atoms with Crippen LogP contribution in [0.1, 0.15) is 30.3 Å². The van der Waals surface area contributed by atoms with Crippen molar-refractivity contribution in [3.05, 3.63) is 53.5 Å². The summed E-state index contributed by atoms with van der Waals surface area (Å²) in [7, 11) is 4.20. The van der Waals surface area contributed by atoms with E-state index in [9.17, 15) is 8.78 Å². The van der Waals surface area contributed by atoms with E-state index in [0.717, 1.165) is 48.7 Å². The van der Waals surface area contributed by atoms with Crippen molar-refractivity contribution in [2.75, 3.05) is 37.4 Å². The summed E-state index contributed by atoms with van der Waals surface area (Å²) in [4.78, 5) is 18.2. The van der Waals surface area contributed by atoms with E-state index < -0.39 is 5.92 Å². The first kappa shape index (κ1) is 21.4. The summed E-state index contributed by atoms with van der Waals surface area (Å²) in [5.41, 5.74) is 1.54. The number of hydrogen-bond acceptors (Lipinski definition) is 6. The summed E-state index contributed by atoms with van der Waals surface area (Å²) in [5.74, 6) is -0.648. The van der Waals surface area contributed by atoms with Crippen LogP contribution in [0.2, 0.25) is 0 Å². The maximum atomic E-state index is 13.7. The highest BCUT2D eigenvalue weighted by Crippen LogP contribution is 2.29. The van der Waals surface area contributed by atoms with Gasteiger partial charge in [0.2, 0.25) is 0 Å². The Kier molecular flexibility index (Phi) is 5.75. The van der Waals surface area contributed by atoms with Crippen LogP contribution >= 0.6 is 0 Å². The van der Waals surface area contributed by atoms with Gasteiger partial charge < -0.3 is 15.1 Å². The summed E-state index contributed by atoms with van der Waals surface area (Å²) in [5, 5.41) is 4.19. The lowest BCUT2D eigenvalue weighted by Crippen LogP contribution is -2.31.